The van der Waals surface area contributed by atoms with Crippen LogP contribution in [0, 0.1) is 12.7 Å². The van der Waals surface area contributed by atoms with E-state index in [0.29, 0.717) is 40.2 Å². The van der Waals surface area contributed by atoms with Crippen molar-refractivity contribution < 1.29 is 14.2 Å². The number of aliphatic hydroxyl groups excluding tert-OH is 1. The summed E-state index contributed by atoms with van der Waals surface area (Å²) in [6, 6.07) is 14.1. The molecule has 2 aromatic heterocycles. The van der Waals surface area contributed by atoms with Crippen LogP contribution < -0.4 is 4.74 Å². The molecular weight excluding hydrogens is 461 g/mol. The normalized spacial score (nSPS) is 12.1. The Bertz CT molecular complexity index is 1350. The third-order valence-corrected chi connectivity index (χ3v) is 6.89. The molecule has 8 heteroatoms. The van der Waals surface area contributed by atoms with Crippen LogP contribution in [0.25, 0.3) is 11.4 Å². The number of halogens is 2. The summed E-state index contributed by atoms with van der Waals surface area (Å²) < 4.78 is 19.7. The van der Waals surface area contributed by atoms with Gasteiger partial charge in [0.15, 0.2) is 11.6 Å². The van der Waals surface area contributed by atoms with Gasteiger partial charge in [-0.2, -0.15) is 4.98 Å². The van der Waals surface area contributed by atoms with E-state index in [0.717, 1.165) is 33.0 Å². The maximum atomic E-state index is 13.5. The van der Waals surface area contributed by atoms with E-state index in [2.05, 4.69) is 4.98 Å². The maximum absolute atomic E-state index is 13.5. The monoisotopic (exact) mass is 479 g/mol. The summed E-state index contributed by atoms with van der Waals surface area (Å²) in [6.45, 7) is 1.74. The molecule has 0 atom stereocenters. The molecule has 166 valence electrons. The lowest BCUT2D eigenvalue weighted by Crippen LogP contribution is -2.13. The molecule has 5 rings (SSSR count). The molecule has 0 spiro atoms. The zero-order valence-corrected chi connectivity index (χ0v) is 19.3. The van der Waals surface area contributed by atoms with Crippen molar-refractivity contribution in [3.8, 4) is 23.0 Å². The van der Waals surface area contributed by atoms with E-state index in [-0.39, 0.29) is 12.4 Å². The molecule has 0 bridgehead atoms. The second-order valence-electron chi connectivity index (χ2n) is 7.64. The summed E-state index contributed by atoms with van der Waals surface area (Å²) in [6.07, 6.45) is 2.19. The summed E-state index contributed by atoms with van der Waals surface area (Å²) >= 11 is 7.74. The van der Waals surface area contributed by atoms with Crippen LogP contribution in [0.3, 0.4) is 0 Å². The first kappa shape index (κ1) is 21.8. The van der Waals surface area contributed by atoms with Gasteiger partial charge in [0.1, 0.15) is 10.8 Å². The van der Waals surface area contributed by atoms with Crippen LogP contribution in [0.15, 0.2) is 59.8 Å². The van der Waals surface area contributed by atoms with Crippen molar-refractivity contribution in [2.45, 2.75) is 30.7 Å². The predicted molar refractivity (Wildman–Crippen MR) is 126 cm³/mol. The third kappa shape index (κ3) is 4.31. The number of hydrogen-bond donors (Lipinski definition) is 1. The lowest BCUT2D eigenvalue weighted by atomic mass is 9.99. The van der Waals surface area contributed by atoms with E-state index in [9.17, 15) is 9.50 Å². The summed E-state index contributed by atoms with van der Waals surface area (Å²) in [5, 5.41) is 10.9. The summed E-state index contributed by atoms with van der Waals surface area (Å²) in [7, 11) is 0. The average molecular weight is 480 g/mol. The van der Waals surface area contributed by atoms with Gasteiger partial charge in [-0.15, -0.1) is 11.8 Å². The van der Waals surface area contributed by atoms with Gasteiger partial charge < -0.3 is 9.84 Å². The van der Waals surface area contributed by atoms with Gasteiger partial charge in [0, 0.05) is 40.1 Å². The van der Waals surface area contributed by atoms with Crippen LogP contribution in [0.5, 0.6) is 11.6 Å². The van der Waals surface area contributed by atoms with Gasteiger partial charge in [-0.25, -0.2) is 9.37 Å². The molecule has 3 heterocycles. The largest absolute Gasteiger partial charge is 0.436 e. The maximum Gasteiger partial charge on any atom is 0.227 e. The number of aryl methyl sites for hydroxylation is 1. The van der Waals surface area contributed by atoms with Crippen molar-refractivity contribution in [1.29, 1.82) is 0 Å². The van der Waals surface area contributed by atoms with Crippen LogP contribution in [-0.2, 0) is 18.8 Å². The highest BCUT2D eigenvalue weighted by molar-refractivity contribution is 7.98. The Hall–Kier alpha value is -3.00. The van der Waals surface area contributed by atoms with Crippen LogP contribution in [0.1, 0.15) is 27.9 Å². The molecule has 1 aliphatic heterocycles. The van der Waals surface area contributed by atoms with Crippen LogP contribution in [0.4, 0.5) is 4.39 Å². The third-order valence-electron chi connectivity index (χ3n) is 5.47. The van der Waals surface area contributed by atoms with Crippen molar-refractivity contribution in [1.82, 2.24) is 15.0 Å². The van der Waals surface area contributed by atoms with E-state index >= 15 is 0 Å². The fourth-order valence-electron chi connectivity index (χ4n) is 3.71. The molecule has 1 N–H and O–H groups in total. The molecule has 4 aromatic rings. The summed E-state index contributed by atoms with van der Waals surface area (Å²) in [4.78, 5) is 13.9. The Morgan fingerprint density at radius 2 is 1.91 bits per heavy atom. The van der Waals surface area contributed by atoms with Crippen LogP contribution in [-0.4, -0.2) is 20.1 Å². The fraction of sp³-hybridized carbons (Fsp3) is 0.160. The Balaban J connectivity index is 1.58. The molecule has 0 radical (unpaired) electrons. The molecule has 0 saturated heterocycles. The number of ether oxygens (including phenoxy) is 1. The van der Waals surface area contributed by atoms with E-state index in [1.807, 2.05) is 37.3 Å². The minimum Gasteiger partial charge on any atom is -0.436 e. The number of thioether (sulfide) groups is 1. The number of hydrogen-bond acceptors (Lipinski definition) is 6. The topological polar surface area (TPSA) is 68.1 Å². The van der Waals surface area contributed by atoms with Crippen molar-refractivity contribution >= 4 is 23.4 Å². The number of aromatic nitrogens is 3. The zero-order chi connectivity index (χ0) is 22.9. The lowest BCUT2D eigenvalue weighted by molar-refractivity contribution is 0.278. The first-order chi connectivity index (χ1) is 16.0. The van der Waals surface area contributed by atoms with Gasteiger partial charge in [0.25, 0.3) is 0 Å². The smallest absolute Gasteiger partial charge is 0.227 e. The Morgan fingerprint density at radius 1 is 1.09 bits per heavy atom. The van der Waals surface area contributed by atoms with Gasteiger partial charge in [-0.3, -0.25) is 4.98 Å². The first-order valence-electron chi connectivity index (χ1n) is 10.3. The standard InChI is InChI=1S/C25H19ClFN3O2S/c1-14-22-19(17(12-31)11-28-14)10-20-24(32-22)29-23(15-5-3-2-4-6-15)30-25(20)33-13-16-7-8-18(27)9-21(16)26/h2-9,11,31H,10,12-13H2,1H3. The van der Waals surface area contributed by atoms with E-state index in [1.54, 1.807) is 12.3 Å². The number of nitrogens with zero attached hydrogens (tertiary/aromatic N) is 3. The summed E-state index contributed by atoms with van der Waals surface area (Å²) in [5.41, 5.74) is 4.85. The van der Waals surface area contributed by atoms with Gasteiger partial charge in [-0.1, -0.05) is 48.0 Å². The molecule has 0 unspecified atom stereocenters. The van der Waals surface area contributed by atoms with Gasteiger partial charge in [0.2, 0.25) is 5.88 Å². The second-order valence-corrected chi connectivity index (χ2v) is 9.01. The number of benzene rings is 2. The number of pyridine rings is 1. The quantitative estimate of drug-likeness (QED) is 0.242. The highest BCUT2D eigenvalue weighted by atomic mass is 35.5. The van der Waals surface area contributed by atoms with Crippen molar-refractivity contribution in [3.63, 3.8) is 0 Å². The van der Waals surface area contributed by atoms with Crippen LogP contribution >= 0.6 is 23.4 Å². The Kier molecular flexibility index (Phi) is 6.01. The molecule has 0 fully saturated rings. The Morgan fingerprint density at radius 3 is 2.67 bits per heavy atom. The lowest BCUT2D eigenvalue weighted by Gasteiger charge is -2.24. The van der Waals surface area contributed by atoms with E-state index in [4.69, 9.17) is 26.3 Å². The van der Waals surface area contributed by atoms with Crippen LogP contribution in [0.2, 0.25) is 5.02 Å². The second kappa shape index (κ2) is 9.09. The van der Waals surface area contributed by atoms with Gasteiger partial charge in [-0.05, 0) is 24.6 Å². The molecule has 2 aromatic carbocycles. The first-order valence-corrected chi connectivity index (χ1v) is 11.7. The predicted octanol–water partition coefficient (Wildman–Crippen LogP) is 6.12. The van der Waals surface area contributed by atoms with Crippen molar-refractivity contribution in [2.24, 2.45) is 0 Å². The molecule has 0 saturated carbocycles. The number of rotatable bonds is 5. The SMILES string of the molecule is Cc1ncc(CO)c2c1Oc1nc(-c3ccccc3)nc(SCc3ccc(F)cc3Cl)c1C2. The molecular formula is C25H19ClFN3O2S. The zero-order valence-electron chi connectivity index (χ0n) is 17.7. The minimum atomic E-state index is -0.370. The molecule has 5 nitrogen and oxygen atoms in total. The molecule has 0 amide bonds. The number of fused-ring (bicyclic) bond motifs is 2. The number of aliphatic hydroxyl groups is 1. The van der Waals surface area contributed by atoms with Crippen molar-refractivity contribution in [3.05, 3.63) is 93.5 Å². The van der Waals surface area contributed by atoms with Gasteiger partial charge in [0.05, 0.1) is 17.9 Å². The minimum absolute atomic E-state index is 0.134. The average Bonchev–Trinajstić information content (AvgIpc) is 2.83. The van der Waals surface area contributed by atoms with E-state index in [1.165, 1.54) is 23.9 Å². The molecule has 0 aliphatic carbocycles. The highest BCUT2D eigenvalue weighted by Gasteiger charge is 2.27. The van der Waals surface area contributed by atoms with E-state index < -0.39 is 0 Å². The molecule has 33 heavy (non-hydrogen) atoms. The Labute approximate surface area is 199 Å². The van der Waals surface area contributed by atoms with Gasteiger partial charge >= 0.3 is 0 Å². The highest BCUT2D eigenvalue weighted by Crippen LogP contribution is 2.43. The molecule has 1 aliphatic rings. The fourth-order valence-corrected chi connectivity index (χ4v) is 5.06. The summed E-state index contributed by atoms with van der Waals surface area (Å²) in [5.74, 6) is 1.79. The van der Waals surface area contributed by atoms with Crippen molar-refractivity contribution in [2.75, 3.05) is 0 Å².